The maximum absolute atomic E-state index is 12.9. The number of halogens is 3. The first kappa shape index (κ1) is 19.0. The van der Waals surface area contributed by atoms with Crippen LogP contribution in [0.2, 0.25) is 0 Å². The molecular formula is C19H20F3NO2S. The van der Waals surface area contributed by atoms with E-state index in [1.807, 2.05) is 6.07 Å². The van der Waals surface area contributed by atoms with E-state index in [1.165, 1.54) is 23.9 Å². The number of aromatic nitrogens is 1. The van der Waals surface area contributed by atoms with Gasteiger partial charge in [-0.2, -0.15) is 13.2 Å². The number of alkyl halides is 3. The highest BCUT2D eigenvalue weighted by Crippen LogP contribution is 2.46. The Morgan fingerprint density at radius 3 is 2.73 bits per heavy atom. The van der Waals surface area contributed by atoms with Gasteiger partial charge in [0.2, 0.25) is 5.88 Å². The Labute approximate surface area is 154 Å². The van der Waals surface area contributed by atoms with Crippen LogP contribution in [-0.4, -0.2) is 23.4 Å². The summed E-state index contributed by atoms with van der Waals surface area (Å²) in [6, 6.07) is 9.20. The van der Waals surface area contributed by atoms with Gasteiger partial charge in [-0.25, -0.2) is 4.98 Å². The number of rotatable bonds is 4. The predicted molar refractivity (Wildman–Crippen MR) is 94.4 cm³/mol. The Morgan fingerprint density at radius 1 is 1.27 bits per heavy atom. The third-order valence-corrected chi connectivity index (χ3v) is 5.79. The number of nitrogens with zero attached hydrogens (tertiary/aromatic N) is 1. The van der Waals surface area contributed by atoms with Crippen molar-refractivity contribution in [3.63, 3.8) is 0 Å². The first-order chi connectivity index (χ1) is 12.3. The van der Waals surface area contributed by atoms with E-state index in [1.54, 1.807) is 25.4 Å². The number of ether oxygens (including phenoxy) is 2. The molecule has 2 heterocycles. The van der Waals surface area contributed by atoms with Crippen LogP contribution in [0.5, 0.6) is 5.88 Å². The molecule has 0 radical (unpaired) electrons. The maximum atomic E-state index is 12.9. The van der Waals surface area contributed by atoms with Crippen molar-refractivity contribution < 1.29 is 22.6 Å². The van der Waals surface area contributed by atoms with E-state index >= 15 is 0 Å². The van der Waals surface area contributed by atoms with E-state index in [4.69, 9.17) is 9.47 Å². The lowest BCUT2D eigenvalue weighted by Gasteiger charge is -2.38. The van der Waals surface area contributed by atoms with Gasteiger partial charge in [-0.05, 0) is 49.6 Å². The molecule has 0 N–H and O–H groups in total. The second-order valence-electron chi connectivity index (χ2n) is 6.53. The van der Waals surface area contributed by atoms with Gasteiger partial charge in [-0.3, -0.25) is 0 Å². The van der Waals surface area contributed by atoms with Crippen LogP contribution in [0, 0.1) is 0 Å². The smallest absolute Gasteiger partial charge is 0.416 e. The quantitative estimate of drug-likeness (QED) is 0.697. The van der Waals surface area contributed by atoms with Gasteiger partial charge >= 0.3 is 6.18 Å². The first-order valence-corrected chi connectivity index (χ1v) is 9.09. The lowest BCUT2D eigenvalue weighted by Crippen LogP contribution is -2.31. The number of methoxy groups -OCH3 is 1. The molecule has 2 atom stereocenters. The molecular weight excluding hydrogens is 363 g/mol. The van der Waals surface area contributed by atoms with Gasteiger partial charge in [0.05, 0.1) is 18.8 Å². The normalized spacial score (nSPS) is 23.7. The Balaban J connectivity index is 1.75. The molecule has 1 aliphatic heterocycles. The SMILES string of the molecule is COc1ccc(C2CC(C)(Sc3cccc(C(F)(F)F)c3)CCO2)cn1. The third-order valence-electron chi connectivity index (χ3n) is 4.43. The summed E-state index contributed by atoms with van der Waals surface area (Å²) in [5.74, 6) is 0.533. The molecule has 1 saturated heterocycles. The van der Waals surface area contributed by atoms with Crippen molar-refractivity contribution in [2.75, 3.05) is 13.7 Å². The van der Waals surface area contributed by atoms with Crippen LogP contribution >= 0.6 is 11.8 Å². The zero-order valence-electron chi connectivity index (χ0n) is 14.5. The summed E-state index contributed by atoms with van der Waals surface area (Å²) >= 11 is 1.48. The van der Waals surface area contributed by atoms with Crippen LogP contribution in [0.25, 0.3) is 0 Å². The topological polar surface area (TPSA) is 31.4 Å². The van der Waals surface area contributed by atoms with Gasteiger partial charge in [0.15, 0.2) is 0 Å². The zero-order chi connectivity index (χ0) is 18.8. The number of pyridine rings is 1. The Hall–Kier alpha value is -1.73. The Morgan fingerprint density at radius 2 is 2.08 bits per heavy atom. The van der Waals surface area contributed by atoms with E-state index in [-0.39, 0.29) is 10.9 Å². The van der Waals surface area contributed by atoms with Crippen LogP contribution in [0.1, 0.15) is 37.0 Å². The molecule has 2 unspecified atom stereocenters. The van der Waals surface area contributed by atoms with Crippen LogP contribution < -0.4 is 4.74 Å². The standard InChI is InChI=1S/C19H20F3NO2S/c1-18(26-15-5-3-4-14(10-15)19(20,21)22)8-9-25-16(11-18)13-6-7-17(24-2)23-12-13/h3-7,10,12,16H,8-9,11H2,1-2H3. The molecule has 0 saturated carbocycles. The average molecular weight is 383 g/mol. The molecule has 26 heavy (non-hydrogen) atoms. The van der Waals surface area contributed by atoms with Crippen molar-refractivity contribution in [1.29, 1.82) is 0 Å². The highest BCUT2D eigenvalue weighted by molar-refractivity contribution is 8.00. The van der Waals surface area contributed by atoms with Crippen molar-refractivity contribution in [2.24, 2.45) is 0 Å². The molecule has 1 aromatic carbocycles. The summed E-state index contributed by atoms with van der Waals surface area (Å²) in [6.45, 7) is 2.63. The summed E-state index contributed by atoms with van der Waals surface area (Å²) in [6.07, 6.45) is -1.27. The maximum Gasteiger partial charge on any atom is 0.416 e. The van der Waals surface area contributed by atoms with Gasteiger partial charge in [-0.15, -0.1) is 11.8 Å². The molecule has 0 bridgehead atoms. The fraction of sp³-hybridized carbons (Fsp3) is 0.421. The van der Waals surface area contributed by atoms with E-state index in [2.05, 4.69) is 11.9 Å². The number of benzene rings is 1. The van der Waals surface area contributed by atoms with Gasteiger partial charge < -0.3 is 9.47 Å². The van der Waals surface area contributed by atoms with Crippen LogP contribution in [0.3, 0.4) is 0 Å². The van der Waals surface area contributed by atoms with E-state index in [0.29, 0.717) is 23.8 Å². The molecule has 7 heteroatoms. The number of hydrogen-bond acceptors (Lipinski definition) is 4. The van der Waals surface area contributed by atoms with Crippen molar-refractivity contribution >= 4 is 11.8 Å². The lowest BCUT2D eigenvalue weighted by molar-refractivity contribution is -0.137. The minimum absolute atomic E-state index is 0.134. The molecule has 3 rings (SSSR count). The molecule has 0 spiro atoms. The van der Waals surface area contributed by atoms with Gasteiger partial charge in [0, 0.05) is 28.5 Å². The largest absolute Gasteiger partial charge is 0.481 e. The molecule has 1 aliphatic rings. The molecule has 140 valence electrons. The molecule has 0 amide bonds. The van der Waals surface area contributed by atoms with Gasteiger partial charge in [0.1, 0.15) is 0 Å². The van der Waals surface area contributed by atoms with Crippen LogP contribution in [0.4, 0.5) is 13.2 Å². The summed E-state index contributed by atoms with van der Waals surface area (Å²) in [7, 11) is 1.56. The Bertz CT molecular complexity index is 751. The fourth-order valence-corrected chi connectivity index (χ4v) is 4.32. The minimum atomic E-state index is -4.33. The summed E-state index contributed by atoms with van der Waals surface area (Å²) < 4.78 is 49.5. The minimum Gasteiger partial charge on any atom is -0.481 e. The van der Waals surface area contributed by atoms with Crippen molar-refractivity contribution in [3.05, 3.63) is 53.7 Å². The first-order valence-electron chi connectivity index (χ1n) is 8.27. The molecule has 1 fully saturated rings. The molecule has 0 aliphatic carbocycles. The second-order valence-corrected chi connectivity index (χ2v) is 8.19. The molecule has 2 aromatic rings. The summed E-state index contributed by atoms with van der Waals surface area (Å²) in [5, 5.41) is 0. The number of thioether (sulfide) groups is 1. The van der Waals surface area contributed by atoms with Crippen LogP contribution in [-0.2, 0) is 10.9 Å². The third kappa shape index (κ3) is 4.51. The zero-order valence-corrected chi connectivity index (χ0v) is 15.4. The van der Waals surface area contributed by atoms with Gasteiger partial charge in [0.25, 0.3) is 0 Å². The summed E-state index contributed by atoms with van der Waals surface area (Å²) in [5.41, 5.74) is 0.329. The van der Waals surface area contributed by atoms with Crippen LogP contribution in [0.15, 0.2) is 47.5 Å². The van der Waals surface area contributed by atoms with Gasteiger partial charge in [-0.1, -0.05) is 6.07 Å². The Kier molecular flexibility index (Phi) is 5.48. The lowest BCUT2D eigenvalue weighted by atomic mass is 9.93. The molecule has 3 nitrogen and oxygen atoms in total. The summed E-state index contributed by atoms with van der Waals surface area (Å²) in [4.78, 5) is 4.83. The highest BCUT2D eigenvalue weighted by Gasteiger charge is 2.36. The van der Waals surface area contributed by atoms with E-state index in [9.17, 15) is 13.2 Å². The van der Waals surface area contributed by atoms with Crippen molar-refractivity contribution in [1.82, 2.24) is 4.98 Å². The number of hydrogen-bond donors (Lipinski definition) is 0. The monoisotopic (exact) mass is 383 g/mol. The average Bonchev–Trinajstić information content (AvgIpc) is 2.61. The van der Waals surface area contributed by atoms with E-state index in [0.717, 1.165) is 18.1 Å². The highest BCUT2D eigenvalue weighted by atomic mass is 32.2. The van der Waals surface area contributed by atoms with E-state index < -0.39 is 11.7 Å². The predicted octanol–water partition coefficient (Wildman–Crippen LogP) is 5.51. The molecule has 1 aromatic heterocycles. The second kappa shape index (κ2) is 7.48. The fourth-order valence-electron chi connectivity index (χ4n) is 3.00. The van der Waals surface area contributed by atoms with Crippen molar-refractivity contribution in [3.8, 4) is 5.88 Å². The van der Waals surface area contributed by atoms with Crippen molar-refractivity contribution in [2.45, 2.75) is 41.7 Å².